The van der Waals surface area contributed by atoms with Gasteiger partial charge in [0, 0.05) is 21.4 Å². The van der Waals surface area contributed by atoms with Crippen LogP contribution in [0, 0.1) is 6.92 Å². The van der Waals surface area contributed by atoms with Gasteiger partial charge in [0.05, 0.1) is 11.3 Å². The van der Waals surface area contributed by atoms with E-state index in [2.05, 4.69) is 4.98 Å². The summed E-state index contributed by atoms with van der Waals surface area (Å²) in [5.41, 5.74) is 3.64. The maximum atomic E-state index is 12.3. The molecule has 0 aliphatic carbocycles. The Bertz CT molecular complexity index is 1100. The lowest BCUT2D eigenvalue weighted by atomic mass is 10.1. The molecular weight excluding hydrogens is 342 g/mol. The van der Waals surface area contributed by atoms with E-state index >= 15 is 0 Å². The minimum atomic E-state index is -0.394. The molecule has 4 rings (SSSR count). The van der Waals surface area contributed by atoms with Crippen LogP contribution in [0.1, 0.15) is 5.56 Å². The number of thiazole rings is 1. The maximum absolute atomic E-state index is 12.3. The van der Waals surface area contributed by atoms with Gasteiger partial charge in [-0.25, -0.2) is 9.78 Å². The van der Waals surface area contributed by atoms with Crippen molar-refractivity contribution in [2.45, 2.75) is 6.92 Å². The zero-order valence-electron chi connectivity index (χ0n) is 12.7. The maximum Gasteiger partial charge on any atom is 0.346 e. The van der Waals surface area contributed by atoms with E-state index in [4.69, 9.17) is 16.0 Å². The van der Waals surface area contributed by atoms with E-state index < -0.39 is 5.63 Å². The molecule has 0 unspecified atom stereocenters. The largest absolute Gasteiger partial charge is 0.422 e. The first-order chi connectivity index (χ1) is 11.6. The lowest BCUT2D eigenvalue weighted by Gasteiger charge is -2.00. The molecule has 0 N–H and O–H groups in total. The molecule has 5 heteroatoms. The second-order valence-corrected chi connectivity index (χ2v) is 6.83. The van der Waals surface area contributed by atoms with Crippen LogP contribution < -0.4 is 5.63 Å². The van der Waals surface area contributed by atoms with Crippen LogP contribution in [0.15, 0.2) is 63.1 Å². The fourth-order valence-electron chi connectivity index (χ4n) is 2.50. The number of aryl methyl sites for hydroxylation is 1. The molecule has 0 saturated carbocycles. The topological polar surface area (TPSA) is 43.1 Å². The summed E-state index contributed by atoms with van der Waals surface area (Å²) in [6.07, 6.45) is 0. The van der Waals surface area contributed by atoms with Crippen LogP contribution >= 0.6 is 22.9 Å². The van der Waals surface area contributed by atoms with Gasteiger partial charge in [0.1, 0.15) is 10.6 Å². The van der Waals surface area contributed by atoms with E-state index in [0.29, 0.717) is 21.2 Å². The Hall–Kier alpha value is -2.43. The minimum Gasteiger partial charge on any atom is -0.422 e. The van der Waals surface area contributed by atoms with E-state index in [0.717, 1.165) is 16.6 Å². The molecular formula is C19H12ClNO2S. The summed E-state index contributed by atoms with van der Waals surface area (Å²) in [5, 5.41) is 3.97. The second kappa shape index (κ2) is 5.89. The third kappa shape index (κ3) is 2.75. The summed E-state index contributed by atoms with van der Waals surface area (Å²) in [4.78, 5) is 16.9. The quantitative estimate of drug-likeness (QED) is 0.444. The zero-order chi connectivity index (χ0) is 16.7. The molecule has 2 aromatic carbocycles. The Morgan fingerprint density at radius 3 is 2.67 bits per heavy atom. The van der Waals surface area contributed by atoms with Crippen LogP contribution in [0.5, 0.6) is 0 Å². The molecule has 0 fully saturated rings. The molecule has 0 spiro atoms. The third-order valence-electron chi connectivity index (χ3n) is 3.78. The summed E-state index contributed by atoms with van der Waals surface area (Å²) in [5.74, 6) is 0. The molecule has 0 saturated heterocycles. The first-order valence-electron chi connectivity index (χ1n) is 7.36. The van der Waals surface area contributed by atoms with Crippen molar-refractivity contribution >= 4 is 33.9 Å². The number of benzene rings is 2. The van der Waals surface area contributed by atoms with Gasteiger partial charge in [0.25, 0.3) is 0 Å². The minimum absolute atomic E-state index is 0.394. The summed E-state index contributed by atoms with van der Waals surface area (Å²) >= 11 is 7.45. The second-order valence-electron chi connectivity index (χ2n) is 5.53. The molecule has 2 heterocycles. The number of aromatic nitrogens is 1. The third-order valence-corrected chi connectivity index (χ3v) is 4.89. The van der Waals surface area contributed by atoms with E-state index in [1.54, 1.807) is 24.3 Å². The van der Waals surface area contributed by atoms with Crippen molar-refractivity contribution in [1.29, 1.82) is 0 Å². The molecule has 4 aromatic rings. The Balaban J connectivity index is 1.81. The lowest BCUT2D eigenvalue weighted by molar-refractivity contribution is 0.563. The number of nitrogens with zero attached hydrogens (tertiary/aromatic N) is 1. The van der Waals surface area contributed by atoms with Crippen molar-refractivity contribution < 1.29 is 4.42 Å². The van der Waals surface area contributed by atoms with Gasteiger partial charge in [-0.2, -0.15) is 0 Å². The average molecular weight is 354 g/mol. The van der Waals surface area contributed by atoms with E-state index in [1.807, 2.05) is 36.6 Å². The van der Waals surface area contributed by atoms with Crippen LogP contribution in [0.4, 0.5) is 0 Å². The van der Waals surface area contributed by atoms with Crippen LogP contribution in [-0.4, -0.2) is 4.98 Å². The van der Waals surface area contributed by atoms with E-state index in [1.165, 1.54) is 16.9 Å². The normalized spacial score (nSPS) is 11.1. The smallest absolute Gasteiger partial charge is 0.346 e. The fraction of sp³-hybridized carbons (Fsp3) is 0.0526. The monoisotopic (exact) mass is 353 g/mol. The molecule has 0 radical (unpaired) electrons. The summed E-state index contributed by atoms with van der Waals surface area (Å²) in [7, 11) is 0. The van der Waals surface area contributed by atoms with Gasteiger partial charge in [-0.3, -0.25) is 0 Å². The highest BCUT2D eigenvalue weighted by atomic mass is 35.5. The predicted octanol–water partition coefficient (Wildman–Crippen LogP) is 5.55. The van der Waals surface area contributed by atoms with Crippen LogP contribution in [0.2, 0.25) is 5.02 Å². The molecule has 0 bridgehead atoms. The molecule has 24 heavy (non-hydrogen) atoms. The number of fused-ring (bicyclic) bond motifs is 1. The van der Waals surface area contributed by atoms with E-state index in [9.17, 15) is 4.79 Å². The van der Waals surface area contributed by atoms with Crippen LogP contribution in [-0.2, 0) is 0 Å². The van der Waals surface area contributed by atoms with Crippen molar-refractivity contribution in [3.8, 4) is 21.8 Å². The molecule has 0 atom stereocenters. The first-order valence-corrected chi connectivity index (χ1v) is 8.62. The zero-order valence-corrected chi connectivity index (χ0v) is 14.3. The van der Waals surface area contributed by atoms with Gasteiger partial charge in [-0.15, -0.1) is 11.3 Å². The number of halogens is 1. The van der Waals surface area contributed by atoms with Crippen LogP contribution in [0.3, 0.4) is 0 Å². The lowest BCUT2D eigenvalue weighted by Crippen LogP contribution is -2.02. The molecule has 118 valence electrons. The van der Waals surface area contributed by atoms with Gasteiger partial charge in [-0.05, 0) is 31.2 Å². The first kappa shape index (κ1) is 15.1. The van der Waals surface area contributed by atoms with Gasteiger partial charge >= 0.3 is 5.63 Å². The average Bonchev–Trinajstić information content (AvgIpc) is 3.05. The van der Waals surface area contributed by atoms with E-state index in [-0.39, 0.29) is 0 Å². The molecule has 0 aliphatic rings. The van der Waals surface area contributed by atoms with Gasteiger partial charge in [0.2, 0.25) is 0 Å². The number of rotatable bonds is 2. The number of hydrogen-bond acceptors (Lipinski definition) is 4. The van der Waals surface area contributed by atoms with Crippen molar-refractivity contribution in [3.05, 3.63) is 74.9 Å². The summed E-state index contributed by atoms with van der Waals surface area (Å²) in [6.45, 7) is 2.04. The predicted molar refractivity (Wildman–Crippen MR) is 98.8 cm³/mol. The highest BCUT2D eigenvalue weighted by Crippen LogP contribution is 2.29. The van der Waals surface area contributed by atoms with Crippen molar-refractivity contribution in [1.82, 2.24) is 4.98 Å². The van der Waals surface area contributed by atoms with Gasteiger partial charge in [0.15, 0.2) is 0 Å². The molecule has 3 nitrogen and oxygen atoms in total. The molecule has 2 aromatic heterocycles. The summed E-state index contributed by atoms with van der Waals surface area (Å²) < 4.78 is 5.39. The Morgan fingerprint density at radius 2 is 1.88 bits per heavy atom. The van der Waals surface area contributed by atoms with Crippen LogP contribution in [0.25, 0.3) is 32.8 Å². The SMILES string of the molecule is Cc1ccc(-c2csc(-c3cc4cc(Cl)ccc4oc3=O)n2)cc1. The number of hydrogen-bond donors (Lipinski definition) is 0. The fourth-order valence-corrected chi connectivity index (χ4v) is 3.51. The van der Waals surface area contributed by atoms with Gasteiger partial charge in [-0.1, -0.05) is 41.4 Å². The Labute approximate surface area is 147 Å². The standard InChI is InChI=1S/C19H12ClNO2S/c1-11-2-4-12(5-3-11)16-10-24-18(21-16)15-9-13-8-14(20)6-7-17(13)23-19(15)22/h2-10H,1H3. The molecule has 0 aliphatic heterocycles. The Morgan fingerprint density at radius 1 is 1.08 bits per heavy atom. The van der Waals surface area contributed by atoms with Gasteiger partial charge < -0.3 is 4.42 Å². The van der Waals surface area contributed by atoms with Crippen molar-refractivity contribution in [2.75, 3.05) is 0 Å². The van der Waals surface area contributed by atoms with Crippen molar-refractivity contribution in [3.63, 3.8) is 0 Å². The highest BCUT2D eigenvalue weighted by Gasteiger charge is 2.13. The molecule has 0 amide bonds. The van der Waals surface area contributed by atoms with Crippen molar-refractivity contribution in [2.24, 2.45) is 0 Å². The highest BCUT2D eigenvalue weighted by molar-refractivity contribution is 7.13. The Kier molecular flexibility index (Phi) is 3.71. The summed E-state index contributed by atoms with van der Waals surface area (Å²) in [6, 6.07) is 15.1.